The fourth-order valence-corrected chi connectivity index (χ4v) is 7.36. The lowest BCUT2D eigenvalue weighted by molar-refractivity contribution is -0.143. The van der Waals surface area contributed by atoms with Gasteiger partial charge in [0, 0.05) is 12.8 Å². The summed E-state index contributed by atoms with van der Waals surface area (Å²) in [4.78, 5) is 24.4. The normalized spacial score (nSPS) is 13.1. The van der Waals surface area contributed by atoms with Crippen LogP contribution in [0.4, 0.5) is 0 Å². The summed E-state index contributed by atoms with van der Waals surface area (Å²) in [5.74, 6) is -0.129. The number of hydrogen-bond acceptors (Lipinski definition) is 5. The van der Waals surface area contributed by atoms with E-state index in [2.05, 4.69) is 55.6 Å². The van der Waals surface area contributed by atoms with Crippen molar-refractivity contribution in [2.45, 2.75) is 264 Å². The summed E-state index contributed by atoms with van der Waals surface area (Å²) in [5.41, 5.74) is 0. The van der Waals surface area contributed by atoms with Gasteiger partial charge >= 0.3 is 5.97 Å². The van der Waals surface area contributed by atoms with Crippen molar-refractivity contribution in [2.75, 3.05) is 13.2 Å². The van der Waals surface area contributed by atoms with E-state index in [4.69, 9.17) is 4.74 Å². The van der Waals surface area contributed by atoms with Crippen LogP contribution in [-0.4, -0.2) is 47.4 Å². The van der Waals surface area contributed by atoms with Gasteiger partial charge in [0.2, 0.25) is 5.91 Å². The Morgan fingerprint density at radius 3 is 1.36 bits per heavy atom. The Labute approximate surface area is 366 Å². The molecule has 0 aliphatic heterocycles. The molecule has 0 aliphatic carbocycles. The molecule has 0 heterocycles. The number of aliphatic hydroxyl groups is 2. The Bertz CT molecular complexity index is 1000. The smallest absolute Gasteiger partial charge is 0.305 e. The SMILES string of the molecule is CCCCC/C=C\C/C=C\CCCCCCCC(=O)OCCCCCCCC/C=C\CCCCCC(=O)NC(CO)C(O)/C=C/CCCCCCCCCCCCCC. The molecule has 0 saturated carbocycles. The molecule has 0 aliphatic rings. The van der Waals surface area contributed by atoms with Gasteiger partial charge in [0.15, 0.2) is 0 Å². The molecule has 0 aromatic heterocycles. The maximum atomic E-state index is 12.4. The second-order valence-electron chi connectivity index (χ2n) is 17.1. The zero-order valence-corrected chi connectivity index (χ0v) is 39.0. The van der Waals surface area contributed by atoms with Crippen molar-refractivity contribution in [3.05, 3.63) is 48.6 Å². The minimum atomic E-state index is -0.862. The quantitative estimate of drug-likeness (QED) is 0.0323. The van der Waals surface area contributed by atoms with Gasteiger partial charge in [-0.05, 0) is 89.9 Å². The van der Waals surface area contributed by atoms with Crippen molar-refractivity contribution in [3.8, 4) is 0 Å². The molecule has 3 N–H and O–H groups in total. The van der Waals surface area contributed by atoms with Crippen LogP contribution in [0.1, 0.15) is 251 Å². The zero-order valence-electron chi connectivity index (χ0n) is 39.0. The summed E-state index contributed by atoms with van der Waals surface area (Å²) < 4.78 is 5.44. The van der Waals surface area contributed by atoms with Crippen LogP contribution in [0.5, 0.6) is 0 Å². The van der Waals surface area contributed by atoms with E-state index in [0.29, 0.717) is 19.4 Å². The zero-order chi connectivity index (χ0) is 43.0. The van der Waals surface area contributed by atoms with Crippen LogP contribution in [-0.2, 0) is 14.3 Å². The monoisotopic (exact) mass is 828 g/mol. The number of allylic oxidation sites excluding steroid dienone is 7. The largest absolute Gasteiger partial charge is 0.466 e. The lowest BCUT2D eigenvalue weighted by atomic mass is 10.0. The van der Waals surface area contributed by atoms with Gasteiger partial charge < -0.3 is 20.3 Å². The molecule has 0 saturated heterocycles. The molecular weight excluding hydrogens is 731 g/mol. The first-order chi connectivity index (χ1) is 29.0. The summed E-state index contributed by atoms with van der Waals surface area (Å²) in [7, 11) is 0. The molecule has 2 unspecified atom stereocenters. The number of unbranched alkanes of at least 4 members (excludes halogenated alkanes) is 29. The van der Waals surface area contributed by atoms with Crippen LogP contribution >= 0.6 is 0 Å². The fourth-order valence-electron chi connectivity index (χ4n) is 7.36. The van der Waals surface area contributed by atoms with Crippen molar-refractivity contribution >= 4 is 11.9 Å². The van der Waals surface area contributed by atoms with Gasteiger partial charge in [-0.1, -0.05) is 197 Å². The second kappa shape index (κ2) is 48.5. The molecular formula is C53H97NO5. The molecule has 6 heteroatoms. The molecule has 59 heavy (non-hydrogen) atoms. The Balaban J connectivity index is 3.55. The number of hydrogen-bond donors (Lipinski definition) is 3. The average molecular weight is 828 g/mol. The maximum Gasteiger partial charge on any atom is 0.305 e. The molecule has 0 aromatic carbocycles. The number of carbonyl (C=O) groups excluding carboxylic acids is 2. The van der Waals surface area contributed by atoms with Crippen LogP contribution < -0.4 is 5.32 Å². The Kier molecular flexibility index (Phi) is 46.7. The highest BCUT2D eigenvalue weighted by molar-refractivity contribution is 5.76. The predicted molar refractivity (Wildman–Crippen MR) is 255 cm³/mol. The lowest BCUT2D eigenvalue weighted by Gasteiger charge is -2.19. The van der Waals surface area contributed by atoms with Gasteiger partial charge in [-0.3, -0.25) is 9.59 Å². The Hall–Kier alpha value is -2.18. The van der Waals surface area contributed by atoms with E-state index in [1.165, 1.54) is 141 Å². The van der Waals surface area contributed by atoms with Crippen molar-refractivity contribution < 1.29 is 24.5 Å². The maximum absolute atomic E-state index is 12.4. The Morgan fingerprint density at radius 1 is 0.475 bits per heavy atom. The first-order valence-electron chi connectivity index (χ1n) is 25.4. The third-order valence-corrected chi connectivity index (χ3v) is 11.3. The van der Waals surface area contributed by atoms with E-state index in [9.17, 15) is 19.8 Å². The van der Waals surface area contributed by atoms with Gasteiger partial charge in [-0.25, -0.2) is 0 Å². The summed E-state index contributed by atoms with van der Waals surface area (Å²) in [6.45, 7) is 4.81. The highest BCUT2D eigenvalue weighted by atomic mass is 16.5. The number of amides is 1. The van der Waals surface area contributed by atoms with Gasteiger partial charge in [-0.2, -0.15) is 0 Å². The van der Waals surface area contributed by atoms with E-state index in [1.54, 1.807) is 6.08 Å². The summed E-state index contributed by atoms with van der Waals surface area (Å²) in [6.07, 6.45) is 59.6. The molecule has 2 atom stereocenters. The standard InChI is InChI=1S/C53H97NO5/c1-3-5-7-9-11-13-15-17-19-23-27-31-35-39-43-47-53(58)59-48-44-40-36-32-28-24-20-22-26-30-34-38-42-46-52(57)54-50(49-55)51(56)45-41-37-33-29-25-21-18-16-14-12-10-8-6-4-2/h11,13,17,19,22,26,41,45,50-51,55-56H,3-10,12,14-16,18,20-21,23-25,27-40,42-44,46-49H2,1-2H3,(H,54,57)/b13-11-,19-17-,26-22-,45-41+. The number of nitrogens with one attached hydrogen (secondary N) is 1. The number of aliphatic hydroxyl groups excluding tert-OH is 2. The first kappa shape index (κ1) is 56.8. The van der Waals surface area contributed by atoms with Crippen LogP contribution in [0.15, 0.2) is 48.6 Å². The Morgan fingerprint density at radius 2 is 0.847 bits per heavy atom. The van der Waals surface area contributed by atoms with Crippen molar-refractivity contribution in [1.29, 1.82) is 0 Å². The van der Waals surface area contributed by atoms with Crippen molar-refractivity contribution in [2.24, 2.45) is 0 Å². The molecule has 0 radical (unpaired) electrons. The van der Waals surface area contributed by atoms with Crippen LogP contribution in [0, 0.1) is 0 Å². The summed E-state index contributed by atoms with van der Waals surface area (Å²) in [5, 5.41) is 23.0. The van der Waals surface area contributed by atoms with Gasteiger partial charge in [-0.15, -0.1) is 0 Å². The highest BCUT2D eigenvalue weighted by Crippen LogP contribution is 2.14. The van der Waals surface area contributed by atoms with Gasteiger partial charge in [0.25, 0.3) is 0 Å². The molecule has 6 nitrogen and oxygen atoms in total. The first-order valence-corrected chi connectivity index (χ1v) is 25.4. The minimum Gasteiger partial charge on any atom is -0.466 e. The number of carbonyl (C=O) groups is 2. The fraction of sp³-hybridized carbons (Fsp3) is 0.811. The molecule has 0 rings (SSSR count). The van der Waals surface area contributed by atoms with Crippen LogP contribution in [0.25, 0.3) is 0 Å². The van der Waals surface area contributed by atoms with Crippen LogP contribution in [0.3, 0.4) is 0 Å². The third-order valence-electron chi connectivity index (χ3n) is 11.3. The van der Waals surface area contributed by atoms with E-state index in [0.717, 1.165) is 83.5 Å². The van der Waals surface area contributed by atoms with E-state index in [1.807, 2.05) is 6.08 Å². The molecule has 0 fully saturated rings. The van der Waals surface area contributed by atoms with Crippen molar-refractivity contribution in [3.63, 3.8) is 0 Å². The minimum absolute atomic E-state index is 0.0290. The summed E-state index contributed by atoms with van der Waals surface area (Å²) >= 11 is 0. The van der Waals surface area contributed by atoms with Gasteiger partial charge in [0.05, 0.1) is 25.4 Å². The third kappa shape index (κ3) is 45.2. The van der Waals surface area contributed by atoms with E-state index in [-0.39, 0.29) is 18.5 Å². The number of ether oxygens (including phenoxy) is 1. The average Bonchev–Trinajstić information content (AvgIpc) is 3.24. The van der Waals surface area contributed by atoms with Gasteiger partial charge in [0.1, 0.15) is 0 Å². The highest BCUT2D eigenvalue weighted by Gasteiger charge is 2.18. The molecule has 1 amide bonds. The molecule has 344 valence electrons. The van der Waals surface area contributed by atoms with Crippen molar-refractivity contribution in [1.82, 2.24) is 5.32 Å². The topological polar surface area (TPSA) is 95.9 Å². The predicted octanol–water partition coefficient (Wildman–Crippen LogP) is 15.1. The molecule has 0 aromatic rings. The number of rotatable bonds is 46. The van der Waals surface area contributed by atoms with E-state index >= 15 is 0 Å². The van der Waals surface area contributed by atoms with Crippen LogP contribution in [0.2, 0.25) is 0 Å². The molecule has 0 spiro atoms. The second-order valence-corrected chi connectivity index (χ2v) is 17.1. The summed E-state index contributed by atoms with van der Waals surface area (Å²) in [6, 6.07) is -0.649. The number of esters is 1. The lowest BCUT2D eigenvalue weighted by Crippen LogP contribution is -2.45. The molecule has 0 bridgehead atoms. The van der Waals surface area contributed by atoms with E-state index < -0.39 is 12.1 Å².